The van der Waals surface area contributed by atoms with Crippen LogP contribution in [0.25, 0.3) is 0 Å². The summed E-state index contributed by atoms with van der Waals surface area (Å²) in [5, 5.41) is 10.1. The standard InChI is InChI=1S/C12H10ClFO2S/c1-16-8-4-2-3-7(14)11(8)12(15)9-5-6-10(13)17-9/h2-6,12,15H,1H3. The molecule has 90 valence electrons. The van der Waals surface area contributed by atoms with Crippen molar-refractivity contribution in [1.29, 1.82) is 0 Å². The first-order valence-electron chi connectivity index (χ1n) is 4.89. The Hall–Kier alpha value is -1.10. The second-order valence-electron chi connectivity index (χ2n) is 3.40. The molecule has 0 amide bonds. The Balaban J connectivity index is 2.46. The van der Waals surface area contributed by atoms with Gasteiger partial charge in [0.1, 0.15) is 17.7 Å². The summed E-state index contributed by atoms with van der Waals surface area (Å²) < 4.78 is 19.3. The van der Waals surface area contributed by atoms with Gasteiger partial charge in [-0.3, -0.25) is 0 Å². The van der Waals surface area contributed by atoms with Crippen molar-refractivity contribution in [2.75, 3.05) is 7.11 Å². The summed E-state index contributed by atoms with van der Waals surface area (Å²) >= 11 is 7.00. The van der Waals surface area contributed by atoms with Gasteiger partial charge in [-0.25, -0.2) is 4.39 Å². The molecule has 0 fully saturated rings. The molecule has 0 bridgehead atoms. The van der Waals surface area contributed by atoms with Crippen LogP contribution in [0.5, 0.6) is 5.75 Å². The van der Waals surface area contributed by atoms with Crippen LogP contribution in [-0.2, 0) is 0 Å². The molecule has 1 aromatic carbocycles. The molecule has 1 atom stereocenters. The lowest BCUT2D eigenvalue weighted by atomic mass is 10.1. The van der Waals surface area contributed by atoms with Crippen LogP contribution in [0.3, 0.4) is 0 Å². The highest BCUT2D eigenvalue weighted by molar-refractivity contribution is 7.16. The minimum absolute atomic E-state index is 0.133. The van der Waals surface area contributed by atoms with Crippen LogP contribution in [0.1, 0.15) is 16.5 Å². The molecule has 5 heteroatoms. The van der Waals surface area contributed by atoms with Gasteiger partial charge in [0, 0.05) is 4.88 Å². The fourth-order valence-corrected chi connectivity index (χ4v) is 2.64. The highest BCUT2D eigenvalue weighted by atomic mass is 35.5. The maximum Gasteiger partial charge on any atom is 0.133 e. The molecule has 0 aliphatic rings. The normalized spacial score (nSPS) is 12.5. The number of halogens is 2. The maximum absolute atomic E-state index is 13.7. The molecule has 2 rings (SSSR count). The number of rotatable bonds is 3. The van der Waals surface area contributed by atoms with Crippen LogP contribution in [0.4, 0.5) is 4.39 Å². The lowest BCUT2D eigenvalue weighted by Crippen LogP contribution is -2.03. The highest BCUT2D eigenvalue weighted by Crippen LogP contribution is 2.36. The van der Waals surface area contributed by atoms with Crippen LogP contribution in [0.15, 0.2) is 30.3 Å². The number of ether oxygens (including phenoxy) is 1. The lowest BCUT2D eigenvalue weighted by Gasteiger charge is -2.14. The molecule has 1 N–H and O–H groups in total. The molecule has 2 nitrogen and oxygen atoms in total. The topological polar surface area (TPSA) is 29.5 Å². The van der Waals surface area contributed by atoms with E-state index in [1.54, 1.807) is 18.2 Å². The van der Waals surface area contributed by atoms with E-state index in [0.29, 0.717) is 15.0 Å². The SMILES string of the molecule is COc1cccc(F)c1C(O)c1ccc(Cl)s1. The average molecular weight is 273 g/mol. The molecule has 2 aromatic rings. The van der Waals surface area contributed by atoms with Gasteiger partial charge in [-0.2, -0.15) is 0 Å². The Bertz CT molecular complexity index is 527. The van der Waals surface area contributed by atoms with E-state index in [1.807, 2.05) is 0 Å². The zero-order chi connectivity index (χ0) is 12.4. The van der Waals surface area contributed by atoms with Gasteiger partial charge in [-0.05, 0) is 24.3 Å². The molecule has 0 spiro atoms. The summed E-state index contributed by atoms with van der Waals surface area (Å²) in [5.74, 6) is -0.177. The number of hydrogen-bond donors (Lipinski definition) is 1. The van der Waals surface area contributed by atoms with E-state index in [4.69, 9.17) is 16.3 Å². The second kappa shape index (κ2) is 5.04. The van der Waals surface area contributed by atoms with Gasteiger partial charge in [0.05, 0.1) is 17.0 Å². The summed E-state index contributed by atoms with van der Waals surface area (Å²) in [6.07, 6.45) is -1.07. The molecular formula is C12H10ClFO2S. The third-order valence-electron chi connectivity index (χ3n) is 2.37. The maximum atomic E-state index is 13.7. The molecule has 0 aliphatic carbocycles. The largest absolute Gasteiger partial charge is 0.496 e. The predicted octanol–water partition coefficient (Wildman–Crippen LogP) is 3.63. The van der Waals surface area contributed by atoms with Crippen molar-refractivity contribution in [3.63, 3.8) is 0 Å². The third kappa shape index (κ3) is 2.44. The van der Waals surface area contributed by atoms with Crippen LogP contribution in [-0.4, -0.2) is 12.2 Å². The summed E-state index contributed by atoms with van der Waals surface area (Å²) in [6.45, 7) is 0. The molecule has 1 unspecified atom stereocenters. The van der Waals surface area contributed by atoms with Crippen LogP contribution in [0.2, 0.25) is 4.34 Å². The number of benzene rings is 1. The molecule has 0 radical (unpaired) electrons. The van der Waals surface area contributed by atoms with Gasteiger partial charge in [-0.15, -0.1) is 11.3 Å². The first-order chi connectivity index (χ1) is 8.13. The van der Waals surface area contributed by atoms with Crippen LogP contribution in [0, 0.1) is 5.82 Å². The van der Waals surface area contributed by atoms with Gasteiger partial charge in [-0.1, -0.05) is 17.7 Å². The second-order valence-corrected chi connectivity index (χ2v) is 5.15. The van der Waals surface area contributed by atoms with Gasteiger partial charge in [0.25, 0.3) is 0 Å². The minimum Gasteiger partial charge on any atom is -0.496 e. The zero-order valence-corrected chi connectivity index (χ0v) is 10.6. The van der Waals surface area contributed by atoms with E-state index in [1.165, 1.54) is 30.6 Å². The number of thiophene rings is 1. The predicted molar refractivity (Wildman–Crippen MR) is 66.3 cm³/mol. The monoisotopic (exact) mass is 272 g/mol. The summed E-state index contributed by atoms with van der Waals surface area (Å²) in [6, 6.07) is 7.76. The van der Waals surface area contributed by atoms with Crippen molar-refractivity contribution in [2.45, 2.75) is 6.10 Å². The van der Waals surface area contributed by atoms with Crippen molar-refractivity contribution >= 4 is 22.9 Å². The van der Waals surface area contributed by atoms with Crippen molar-refractivity contribution in [3.05, 3.63) is 50.9 Å². The third-order valence-corrected chi connectivity index (χ3v) is 3.65. The highest BCUT2D eigenvalue weighted by Gasteiger charge is 2.21. The number of aliphatic hydroxyl groups is 1. The smallest absolute Gasteiger partial charge is 0.133 e. The van der Waals surface area contributed by atoms with E-state index in [0.717, 1.165) is 0 Å². The molecule has 0 aliphatic heterocycles. The number of hydrogen-bond acceptors (Lipinski definition) is 3. The molecular weight excluding hydrogens is 263 g/mol. The lowest BCUT2D eigenvalue weighted by molar-refractivity contribution is 0.212. The van der Waals surface area contributed by atoms with E-state index in [-0.39, 0.29) is 5.56 Å². The molecule has 17 heavy (non-hydrogen) atoms. The first kappa shape index (κ1) is 12.4. The first-order valence-corrected chi connectivity index (χ1v) is 6.08. The molecule has 0 saturated carbocycles. The average Bonchev–Trinajstić information content (AvgIpc) is 2.74. The number of aliphatic hydroxyl groups excluding tert-OH is 1. The number of methoxy groups -OCH3 is 1. The fourth-order valence-electron chi connectivity index (χ4n) is 1.58. The van der Waals surface area contributed by atoms with Crippen LogP contribution < -0.4 is 4.74 Å². The molecule has 1 aromatic heterocycles. The zero-order valence-electron chi connectivity index (χ0n) is 8.98. The Morgan fingerprint density at radius 1 is 1.35 bits per heavy atom. The van der Waals surface area contributed by atoms with Crippen LogP contribution >= 0.6 is 22.9 Å². The fraction of sp³-hybridized carbons (Fsp3) is 0.167. The van der Waals surface area contributed by atoms with Crippen molar-refractivity contribution in [3.8, 4) is 5.75 Å². The summed E-state index contributed by atoms with van der Waals surface area (Å²) in [4.78, 5) is 0.582. The van der Waals surface area contributed by atoms with E-state index < -0.39 is 11.9 Å². The van der Waals surface area contributed by atoms with Gasteiger partial charge in [0.15, 0.2) is 0 Å². The van der Waals surface area contributed by atoms with E-state index in [9.17, 15) is 9.50 Å². The minimum atomic E-state index is -1.07. The van der Waals surface area contributed by atoms with Gasteiger partial charge in [0.2, 0.25) is 0 Å². The van der Waals surface area contributed by atoms with E-state index in [2.05, 4.69) is 0 Å². The van der Waals surface area contributed by atoms with E-state index >= 15 is 0 Å². The Morgan fingerprint density at radius 2 is 2.12 bits per heavy atom. The summed E-state index contributed by atoms with van der Waals surface area (Å²) in [7, 11) is 1.44. The van der Waals surface area contributed by atoms with Crippen molar-refractivity contribution in [1.82, 2.24) is 0 Å². The Labute approximate surface area is 107 Å². The molecule has 1 heterocycles. The van der Waals surface area contributed by atoms with Gasteiger partial charge >= 0.3 is 0 Å². The Kier molecular flexibility index (Phi) is 3.66. The van der Waals surface area contributed by atoms with Gasteiger partial charge < -0.3 is 9.84 Å². The quantitative estimate of drug-likeness (QED) is 0.924. The molecule has 0 saturated heterocycles. The Morgan fingerprint density at radius 3 is 2.71 bits per heavy atom. The van der Waals surface area contributed by atoms with Crippen molar-refractivity contribution in [2.24, 2.45) is 0 Å². The van der Waals surface area contributed by atoms with Crippen molar-refractivity contribution < 1.29 is 14.2 Å². The summed E-state index contributed by atoms with van der Waals surface area (Å²) in [5.41, 5.74) is 0.133.